The second-order valence-electron chi connectivity index (χ2n) is 4.29. The molecule has 0 aliphatic heterocycles. The van der Waals surface area contributed by atoms with E-state index in [2.05, 4.69) is 0 Å². The van der Waals surface area contributed by atoms with Gasteiger partial charge in [-0.05, 0) is 49.7 Å². The fourth-order valence-corrected chi connectivity index (χ4v) is 1.65. The molecule has 0 aliphatic carbocycles. The molecule has 2 aromatic rings. The summed E-state index contributed by atoms with van der Waals surface area (Å²) < 4.78 is 18.5. The van der Waals surface area contributed by atoms with Crippen LogP contribution in [0, 0.1) is 5.82 Å². The molecule has 1 heterocycles. The van der Waals surface area contributed by atoms with E-state index >= 15 is 0 Å². The summed E-state index contributed by atoms with van der Waals surface area (Å²) in [6, 6.07) is 10.3. The van der Waals surface area contributed by atoms with Gasteiger partial charge >= 0.3 is 0 Å². The third-order valence-corrected chi connectivity index (χ3v) is 2.64. The number of hydrogen-bond acceptors (Lipinski definition) is 2. The van der Waals surface area contributed by atoms with Gasteiger partial charge in [-0.3, -0.25) is 0 Å². The van der Waals surface area contributed by atoms with Crippen molar-refractivity contribution in [3.63, 3.8) is 0 Å². The molecule has 0 radical (unpaired) electrons. The smallest absolute Gasteiger partial charge is 0.134 e. The van der Waals surface area contributed by atoms with Gasteiger partial charge in [0.05, 0.1) is 0 Å². The zero-order valence-electron chi connectivity index (χ0n) is 9.82. The Hall–Kier alpha value is -1.61. The van der Waals surface area contributed by atoms with Crippen LogP contribution in [0.4, 0.5) is 4.39 Å². The number of hydrogen-bond donors (Lipinski definition) is 1. The molecule has 0 unspecified atom stereocenters. The lowest BCUT2D eigenvalue weighted by molar-refractivity contribution is 0.501. The van der Waals surface area contributed by atoms with E-state index in [1.807, 2.05) is 19.1 Å². The van der Waals surface area contributed by atoms with Crippen LogP contribution in [0.25, 0.3) is 11.3 Å². The monoisotopic (exact) mass is 233 g/mol. The number of nitrogens with two attached hydrogens (primary N) is 1. The van der Waals surface area contributed by atoms with E-state index in [9.17, 15) is 4.39 Å². The predicted molar refractivity (Wildman–Crippen MR) is 66.1 cm³/mol. The Balaban J connectivity index is 2.10. The van der Waals surface area contributed by atoms with Gasteiger partial charge < -0.3 is 10.2 Å². The molecule has 0 amide bonds. The first-order valence-corrected chi connectivity index (χ1v) is 5.75. The van der Waals surface area contributed by atoms with Gasteiger partial charge in [-0.25, -0.2) is 4.39 Å². The molecule has 0 saturated carbocycles. The lowest BCUT2D eigenvalue weighted by Gasteiger charge is -2.01. The number of aryl methyl sites for hydroxylation is 1. The molecule has 2 rings (SSSR count). The van der Waals surface area contributed by atoms with Crippen LogP contribution in [0.15, 0.2) is 40.8 Å². The van der Waals surface area contributed by atoms with Crippen LogP contribution in [-0.2, 0) is 6.42 Å². The predicted octanol–water partition coefficient (Wildman–Crippen LogP) is 3.37. The minimum atomic E-state index is -0.238. The summed E-state index contributed by atoms with van der Waals surface area (Å²) in [6.45, 7) is 1.98. The van der Waals surface area contributed by atoms with Crippen molar-refractivity contribution in [2.45, 2.75) is 25.8 Å². The normalized spacial score (nSPS) is 12.6. The van der Waals surface area contributed by atoms with Gasteiger partial charge in [-0.15, -0.1) is 0 Å². The molecule has 0 saturated heterocycles. The Kier molecular flexibility index (Phi) is 3.59. The van der Waals surface area contributed by atoms with Gasteiger partial charge in [0.25, 0.3) is 0 Å². The van der Waals surface area contributed by atoms with Gasteiger partial charge in [0, 0.05) is 18.0 Å². The van der Waals surface area contributed by atoms with Gasteiger partial charge in [-0.1, -0.05) is 0 Å². The SMILES string of the molecule is C[C@@H](N)CCc1ccc(-c2ccc(F)cc2)o1. The van der Waals surface area contributed by atoms with Crippen LogP contribution in [0.2, 0.25) is 0 Å². The second-order valence-corrected chi connectivity index (χ2v) is 4.29. The molecule has 90 valence electrons. The average Bonchev–Trinajstić information content (AvgIpc) is 2.76. The largest absolute Gasteiger partial charge is 0.461 e. The second kappa shape index (κ2) is 5.15. The summed E-state index contributed by atoms with van der Waals surface area (Å²) >= 11 is 0. The van der Waals surface area contributed by atoms with E-state index in [0.29, 0.717) is 0 Å². The van der Waals surface area contributed by atoms with Crippen LogP contribution in [-0.4, -0.2) is 6.04 Å². The minimum absolute atomic E-state index is 0.175. The van der Waals surface area contributed by atoms with Crippen molar-refractivity contribution < 1.29 is 8.81 Å². The minimum Gasteiger partial charge on any atom is -0.461 e. The van der Waals surface area contributed by atoms with Gasteiger partial charge in [0.1, 0.15) is 17.3 Å². The molecule has 1 aromatic carbocycles. The summed E-state index contributed by atoms with van der Waals surface area (Å²) in [7, 11) is 0. The standard InChI is InChI=1S/C14H16FNO/c1-10(16)2-7-13-8-9-14(17-13)11-3-5-12(15)6-4-11/h3-6,8-10H,2,7,16H2,1H3/t10-/m1/s1. The van der Waals surface area contributed by atoms with Crippen molar-refractivity contribution in [3.05, 3.63) is 48.0 Å². The lowest BCUT2D eigenvalue weighted by Crippen LogP contribution is -2.15. The number of rotatable bonds is 4. The van der Waals surface area contributed by atoms with E-state index in [1.54, 1.807) is 12.1 Å². The van der Waals surface area contributed by atoms with Crippen LogP contribution in [0.5, 0.6) is 0 Å². The molecule has 0 fully saturated rings. The summed E-state index contributed by atoms with van der Waals surface area (Å²) in [4.78, 5) is 0. The molecule has 0 aliphatic rings. The van der Waals surface area contributed by atoms with Crippen LogP contribution in [0.1, 0.15) is 19.1 Å². The lowest BCUT2D eigenvalue weighted by atomic mass is 10.1. The maximum atomic E-state index is 12.8. The maximum Gasteiger partial charge on any atom is 0.134 e. The van der Waals surface area contributed by atoms with Gasteiger partial charge in [0.15, 0.2) is 0 Å². The first kappa shape index (κ1) is 11.9. The van der Waals surface area contributed by atoms with Crippen molar-refractivity contribution in [2.75, 3.05) is 0 Å². The average molecular weight is 233 g/mol. The highest BCUT2D eigenvalue weighted by Crippen LogP contribution is 2.23. The summed E-state index contributed by atoms with van der Waals surface area (Å²) in [5.74, 6) is 1.45. The summed E-state index contributed by atoms with van der Waals surface area (Å²) in [6.07, 6.45) is 1.73. The summed E-state index contributed by atoms with van der Waals surface area (Å²) in [5.41, 5.74) is 6.58. The Morgan fingerprint density at radius 2 is 1.88 bits per heavy atom. The van der Waals surface area contributed by atoms with Crippen molar-refractivity contribution in [1.82, 2.24) is 0 Å². The number of halogens is 1. The molecule has 17 heavy (non-hydrogen) atoms. The molecule has 1 aromatic heterocycles. The van der Waals surface area contributed by atoms with Crippen LogP contribution in [0.3, 0.4) is 0 Å². The van der Waals surface area contributed by atoms with Crippen molar-refractivity contribution >= 4 is 0 Å². The van der Waals surface area contributed by atoms with Crippen LogP contribution < -0.4 is 5.73 Å². The van der Waals surface area contributed by atoms with E-state index in [-0.39, 0.29) is 11.9 Å². The highest BCUT2D eigenvalue weighted by atomic mass is 19.1. The zero-order chi connectivity index (χ0) is 12.3. The third-order valence-electron chi connectivity index (χ3n) is 2.64. The zero-order valence-corrected chi connectivity index (χ0v) is 9.82. The fourth-order valence-electron chi connectivity index (χ4n) is 1.65. The van der Waals surface area contributed by atoms with Crippen molar-refractivity contribution in [3.8, 4) is 11.3 Å². The molecule has 0 bridgehead atoms. The molecule has 0 spiro atoms. The highest BCUT2D eigenvalue weighted by Gasteiger charge is 2.05. The first-order chi connectivity index (χ1) is 8.15. The van der Waals surface area contributed by atoms with E-state index in [1.165, 1.54) is 12.1 Å². The molecule has 2 N–H and O–H groups in total. The Morgan fingerprint density at radius 3 is 2.53 bits per heavy atom. The van der Waals surface area contributed by atoms with Gasteiger partial charge in [-0.2, -0.15) is 0 Å². The molecule has 2 nitrogen and oxygen atoms in total. The quantitative estimate of drug-likeness (QED) is 0.879. The third kappa shape index (κ3) is 3.17. The van der Waals surface area contributed by atoms with Crippen molar-refractivity contribution in [2.24, 2.45) is 5.73 Å². The van der Waals surface area contributed by atoms with Crippen molar-refractivity contribution in [1.29, 1.82) is 0 Å². The highest BCUT2D eigenvalue weighted by molar-refractivity contribution is 5.57. The fraction of sp³-hybridized carbons (Fsp3) is 0.286. The Morgan fingerprint density at radius 1 is 1.18 bits per heavy atom. The Labute approximate surface area is 100 Å². The molecule has 1 atom stereocenters. The van der Waals surface area contributed by atoms with Gasteiger partial charge in [0.2, 0.25) is 0 Å². The maximum absolute atomic E-state index is 12.8. The summed E-state index contributed by atoms with van der Waals surface area (Å²) in [5, 5.41) is 0. The number of benzene rings is 1. The van der Waals surface area contributed by atoms with E-state index < -0.39 is 0 Å². The number of furan rings is 1. The first-order valence-electron chi connectivity index (χ1n) is 5.75. The topological polar surface area (TPSA) is 39.2 Å². The molecular formula is C14H16FNO. The van der Waals surface area contributed by atoms with Crippen LogP contribution >= 0.6 is 0 Å². The van der Waals surface area contributed by atoms with E-state index in [4.69, 9.17) is 10.2 Å². The molecular weight excluding hydrogens is 217 g/mol. The van der Waals surface area contributed by atoms with E-state index in [0.717, 1.165) is 29.9 Å². The molecule has 3 heteroatoms. The Bertz CT molecular complexity index is 473.